The summed E-state index contributed by atoms with van der Waals surface area (Å²) in [5, 5.41) is 15.2. The Morgan fingerprint density at radius 3 is 0.444 bits per heavy atom. The molecule has 0 radical (unpaired) electrons. The van der Waals surface area contributed by atoms with Gasteiger partial charge in [0.2, 0.25) is 0 Å². The van der Waals surface area contributed by atoms with Crippen LogP contribution in [0.4, 0.5) is 0 Å². The maximum atomic E-state index is 7.62. The lowest BCUT2D eigenvalue weighted by atomic mass is 10.8. The number of hydrogen-bond donors (Lipinski definition) is 4. The summed E-state index contributed by atoms with van der Waals surface area (Å²) in [5.74, 6) is 0. The van der Waals surface area contributed by atoms with Gasteiger partial charge in [0.1, 0.15) is 0 Å². The van der Waals surface area contributed by atoms with Crippen LogP contribution in [-0.4, -0.2) is 23.4 Å². The van der Waals surface area contributed by atoms with Gasteiger partial charge in [0.15, 0.2) is 0 Å². The van der Waals surface area contributed by atoms with Crippen molar-refractivity contribution in [3.05, 3.63) is 78.9 Å². The first-order valence-electron chi connectivity index (χ1n) is 4.13. The number of aliphatic hydroxyl groups excluding tert-OH is 2. The number of aliphatic hydroxyl groups is 2. The summed E-state index contributed by atoms with van der Waals surface area (Å²) in [5.41, 5.74) is 0. The largest absolute Gasteiger partial charge is 0.394 e. The Bertz CT molecular complexity index is 48.2. The molecule has 0 saturated heterocycles. The minimum absolute atomic E-state index is 0. The minimum atomic E-state index is -0.125. The number of hydrogen-bond acceptors (Lipinski definition) is 4. The van der Waals surface area contributed by atoms with Crippen molar-refractivity contribution in [2.45, 2.75) is 0 Å². The van der Waals surface area contributed by atoms with Gasteiger partial charge in [-0.15, -0.1) is 78.9 Å². The predicted molar refractivity (Wildman–Crippen MR) is 91.7 cm³/mol. The quantitative estimate of drug-likeness (QED) is 0.534. The van der Waals surface area contributed by atoms with Gasteiger partial charge in [-0.05, 0) is 0 Å². The highest BCUT2D eigenvalue weighted by Gasteiger charge is 1.58. The Hall–Kier alpha value is -1.72. The molecule has 0 aromatic rings. The van der Waals surface area contributed by atoms with Crippen molar-refractivity contribution in [1.29, 1.82) is 0 Å². The molecule has 18 heavy (non-hydrogen) atoms. The monoisotopic (exact) mass is 264 g/mol. The van der Waals surface area contributed by atoms with Crippen molar-refractivity contribution in [1.82, 2.24) is 12.3 Å². The topological polar surface area (TPSA) is 110 Å². The average Bonchev–Trinajstić information content (AvgIpc) is 2.51. The molecule has 0 amide bonds. The van der Waals surface area contributed by atoms with Gasteiger partial charge in [-0.1, -0.05) is 0 Å². The second-order valence-corrected chi connectivity index (χ2v) is 0.447. The molecule has 4 heteroatoms. The van der Waals surface area contributed by atoms with E-state index >= 15 is 0 Å². The average molecular weight is 264 g/mol. The zero-order chi connectivity index (χ0) is 15.4. The standard InChI is InChI=1S/C2H6O2.6C2H4.2H3N/c3-1-2-4;6*1-2;;/h3-4H,1-2H2;6*1-2H2;2*1H3. The molecule has 0 spiro atoms. The summed E-state index contributed by atoms with van der Waals surface area (Å²) in [6.45, 7) is 35.8. The summed E-state index contributed by atoms with van der Waals surface area (Å²) in [7, 11) is 0. The SMILES string of the molecule is C=C.C=C.C=C.C=C.C=C.C=C.N.N.OCCO. The molecular weight excluding hydrogens is 228 g/mol. The first kappa shape index (κ1) is 71.7. The van der Waals surface area contributed by atoms with E-state index in [1.807, 2.05) is 0 Å². The van der Waals surface area contributed by atoms with Gasteiger partial charge in [-0.3, -0.25) is 0 Å². The van der Waals surface area contributed by atoms with Crippen LogP contribution in [0.15, 0.2) is 78.9 Å². The van der Waals surface area contributed by atoms with E-state index in [9.17, 15) is 0 Å². The van der Waals surface area contributed by atoms with Gasteiger partial charge >= 0.3 is 0 Å². The molecule has 0 aliphatic carbocycles. The molecule has 0 atom stereocenters. The Morgan fingerprint density at radius 2 is 0.444 bits per heavy atom. The van der Waals surface area contributed by atoms with Crippen molar-refractivity contribution in [2.24, 2.45) is 0 Å². The zero-order valence-electron chi connectivity index (χ0n) is 12.2. The molecule has 0 rings (SSSR count). The van der Waals surface area contributed by atoms with Crippen molar-refractivity contribution in [3.8, 4) is 0 Å². The van der Waals surface area contributed by atoms with E-state index < -0.39 is 0 Å². The van der Waals surface area contributed by atoms with Gasteiger partial charge < -0.3 is 22.5 Å². The third kappa shape index (κ3) is 4860. The van der Waals surface area contributed by atoms with Crippen LogP contribution in [0.1, 0.15) is 0 Å². The molecule has 0 unspecified atom stereocenters. The van der Waals surface area contributed by atoms with E-state index in [0.717, 1.165) is 0 Å². The first-order chi connectivity index (χ1) is 7.91. The molecule has 114 valence electrons. The van der Waals surface area contributed by atoms with E-state index in [4.69, 9.17) is 10.2 Å². The van der Waals surface area contributed by atoms with Gasteiger partial charge in [-0.2, -0.15) is 0 Å². The fraction of sp³-hybridized carbons (Fsp3) is 0.143. The molecular formula is C14H36N2O2. The molecule has 0 saturated carbocycles. The molecule has 0 aromatic carbocycles. The Labute approximate surface area is 115 Å². The maximum Gasteiger partial charge on any atom is 0.0662 e. The smallest absolute Gasteiger partial charge is 0.0662 e. The highest BCUT2D eigenvalue weighted by molar-refractivity contribution is 4.23. The first-order valence-corrected chi connectivity index (χ1v) is 4.13. The van der Waals surface area contributed by atoms with Crippen LogP contribution in [0.25, 0.3) is 0 Å². The molecule has 0 bridgehead atoms. The predicted octanol–water partition coefficient (Wildman–Crippen LogP) is 4.11. The van der Waals surface area contributed by atoms with E-state index in [1.54, 1.807) is 0 Å². The highest BCUT2D eigenvalue weighted by atomic mass is 16.3. The summed E-state index contributed by atoms with van der Waals surface area (Å²) in [6.07, 6.45) is 0. The highest BCUT2D eigenvalue weighted by Crippen LogP contribution is 1.39. The van der Waals surface area contributed by atoms with Gasteiger partial charge in [0, 0.05) is 0 Å². The van der Waals surface area contributed by atoms with Crippen molar-refractivity contribution in [2.75, 3.05) is 13.2 Å². The van der Waals surface area contributed by atoms with E-state index in [2.05, 4.69) is 78.9 Å². The lowest BCUT2D eigenvalue weighted by molar-refractivity contribution is 0.186. The lowest BCUT2D eigenvalue weighted by Gasteiger charge is -1.70. The molecule has 0 aliphatic rings. The van der Waals surface area contributed by atoms with Crippen LogP contribution in [0.5, 0.6) is 0 Å². The number of rotatable bonds is 1. The van der Waals surface area contributed by atoms with Crippen molar-refractivity contribution < 1.29 is 10.2 Å². The second kappa shape index (κ2) is 39700. The van der Waals surface area contributed by atoms with Gasteiger partial charge in [0.05, 0.1) is 13.2 Å². The van der Waals surface area contributed by atoms with Crippen molar-refractivity contribution in [3.63, 3.8) is 0 Å². The normalized spacial score (nSPS) is 3.00. The Morgan fingerprint density at radius 1 is 0.389 bits per heavy atom. The maximum absolute atomic E-state index is 7.62. The van der Waals surface area contributed by atoms with Gasteiger partial charge in [-0.25, -0.2) is 0 Å². The third-order valence-corrected chi connectivity index (χ3v) is 0.1000. The van der Waals surface area contributed by atoms with E-state index in [1.165, 1.54) is 0 Å². The van der Waals surface area contributed by atoms with E-state index in [-0.39, 0.29) is 25.5 Å². The second-order valence-electron chi connectivity index (χ2n) is 0.447. The van der Waals surface area contributed by atoms with Crippen LogP contribution in [0, 0.1) is 0 Å². The van der Waals surface area contributed by atoms with E-state index in [0.29, 0.717) is 0 Å². The Kier molecular flexibility index (Phi) is 158000. The summed E-state index contributed by atoms with van der Waals surface area (Å²) < 4.78 is 0. The fourth-order valence-corrected chi connectivity index (χ4v) is 0. The molecule has 0 aromatic heterocycles. The minimum Gasteiger partial charge on any atom is -0.394 e. The zero-order valence-corrected chi connectivity index (χ0v) is 12.2. The van der Waals surface area contributed by atoms with Crippen LogP contribution in [-0.2, 0) is 0 Å². The summed E-state index contributed by atoms with van der Waals surface area (Å²) in [4.78, 5) is 0. The van der Waals surface area contributed by atoms with Crippen molar-refractivity contribution >= 4 is 0 Å². The van der Waals surface area contributed by atoms with Crippen LogP contribution in [0.3, 0.4) is 0 Å². The third-order valence-electron chi connectivity index (χ3n) is 0.1000. The summed E-state index contributed by atoms with van der Waals surface area (Å²) in [6, 6.07) is 0. The molecule has 8 N–H and O–H groups in total. The van der Waals surface area contributed by atoms with Crippen LogP contribution < -0.4 is 12.3 Å². The molecule has 0 heterocycles. The molecule has 0 aliphatic heterocycles. The summed E-state index contributed by atoms with van der Waals surface area (Å²) >= 11 is 0. The fourth-order valence-electron chi connectivity index (χ4n) is 0. The lowest BCUT2D eigenvalue weighted by Crippen LogP contribution is -1.85. The van der Waals surface area contributed by atoms with Gasteiger partial charge in [0.25, 0.3) is 0 Å². The molecule has 0 fully saturated rings. The van der Waals surface area contributed by atoms with Crippen LogP contribution >= 0.6 is 0 Å². The Balaban J connectivity index is -0.00000000758. The molecule has 4 nitrogen and oxygen atoms in total. The van der Waals surface area contributed by atoms with Crippen LogP contribution in [0.2, 0.25) is 0 Å².